The van der Waals surface area contributed by atoms with E-state index in [0.717, 1.165) is 26.1 Å². The van der Waals surface area contributed by atoms with Gasteiger partial charge in [0.15, 0.2) is 0 Å². The van der Waals surface area contributed by atoms with E-state index in [0.29, 0.717) is 5.54 Å². The normalized spacial score (nSPS) is 23.8. The first-order valence-electron chi connectivity index (χ1n) is 4.72. The largest absolute Gasteiger partial charge is 0.309 e. The van der Waals surface area contributed by atoms with Crippen LogP contribution in [0.1, 0.15) is 20.3 Å². The van der Waals surface area contributed by atoms with Crippen molar-refractivity contribution >= 4 is 0 Å². The van der Waals surface area contributed by atoms with Gasteiger partial charge in [0.2, 0.25) is 0 Å². The molecule has 2 nitrogen and oxygen atoms in total. The van der Waals surface area contributed by atoms with Crippen molar-refractivity contribution in [1.29, 1.82) is 0 Å². The third-order valence-corrected chi connectivity index (χ3v) is 2.30. The Kier molecular flexibility index (Phi) is 3.29. The van der Waals surface area contributed by atoms with E-state index in [1.54, 1.807) is 0 Å². The van der Waals surface area contributed by atoms with Gasteiger partial charge in [0, 0.05) is 31.7 Å². The number of rotatable bonds is 3. The molecule has 1 fully saturated rings. The Bertz CT molecular complexity index is 152. The average molecular weight is 168 g/mol. The van der Waals surface area contributed by atoms with Crippen LogP contribution in [-0.4, -0.2) is 36.6 Å². The molecule has 1 heterocycles. The van der Waals surface area contributed by atoms with Crippen molar-refractivity contribution in [1.82, 2.24) is 10.2 Å². The van der Waals surface area contributed by atoms with Crippen LogP contribution in [0.15, 0.2) is 12.7 Å². The summed E-state index contributed by atoms with van der Waals surface area (Å²) in [4.78, 5) is 2.50. The standard InChI is InChI=1S/C10H20N2/c1-4-5-7-12-8-6-11-10(2,3)9-12/h4,11H,1,5-9H2,2-3H3. The smallest absolute Gasteiger partial charge is 0.0252 e. The highest BCUT2D eigenvalue weighted by atomic mass is 15.2. The Morgan fingerprint density at radius 3 is 2.92 bits per heavy atom. The molecule has 0 bridgehead atoms. The van der Waals surface area contributed by atoms with E-state index in [4.69, 9.17) is 0 Å². The molecule has 0 aromatic rings. The number of nitrogens with one attached hydrogen (secondary N) is 1. The first kappa shape index (κ1) is 9.75. The minimum absolute atomic E-state index is 0.291. The van der Waals surface area contributed by atoms with Gasteiger partial charge in [0.25, 0.3) is 0 Å². The van der Waals surface area contributed by atoms with Gasteiger partial charge in [0.1, 0.15) is 0 Å². The lowest BCUT2D eigenvalue weighted by Gasteiger charge is -2.39. The maximum absolute atomic E-state index is 3.74. The second kappa shape index (κ2) is 4.06. The summed E-state index contributed by atoms with van der Waals surface area (Å²) >= 11 is 0. The van der Waals surface area contributed by atoms with Gasteiger partial charge in [-0.3, -0.25) is 4.90 Å². The highest BCUT2D eigenvalue weighted by Crippen LogP contribution is 2.09. The average Bonchev–Trinajstić information content (AvgIpc) is 1.99. The van der Waals surface area contributed by atoms with Crippen LogP contribution in [-0.2, 0) is 0 Å². The Morgan fingerprint density at radius 2 is 2.33 bits per heavy atom. The summed E-state index contributed by atoms with van der Waals surface area (Å²) in [6.07, 6.45) is 3.10. The molecule has 1 N–H and O–H groups in total. The van der Waals surface area contributed by atoms with Gasteiger partial charge in [-0.2, -0.15) is 0 Å². The molecule has 1 aliphatic heterocycles. The zero-order chi connectivity index (χ0) is 9.03. The quantitative estimate of drug-likeness (QED) is 0.638. The third-order valence-electron chi connectivity index (χ3n) is 2.30. The van der Waals surface area contributed by atoms with Gasteiger partial charge < -0.3 is 5.32 Å². The summed E-state index contributed by atoms with van der Waals surface area (Å²) in [7, 11) is 0. The van der Waals surface area contributed by atoms with Crippen LogP contribution in [0.3, 0.4) is 0 Å². The van der Waals surface area contributed by atoms with Gasteiger partial charge in [-0.05, 0) is 20.3 Å². The highest BCUT2D eigenvalue weighted by Gasteiger charge is 2.24. The number of piperazine rings is 1. The van der Waals surface area contributed by atoms with E-state index in [-0.39, 0.29) is 0 Å². The van der Waals surface area contributed by atoms with Crippen LogP contribution in [0.25, 0.3) is 0 Å². The van der Waals surface area contributed by atoms with Crippen molar-refractivity contribution in [2.75, 3.05) is 26.2 Å². The second-order valence-electron chi connectivity index (χ2n) is 4.16. The van der Waals surface area contributed by atoms with E-state index in [9.17, 15) is 0 Å². The molecule has 0 aromatic carbocycles. The second-order valence-corrected chi connectivity index (χ2v) is 4.16. The van der Waals surface area contributed by atoms with Crippen LogP contribution in [0.5, 0.6) is 0 Å². The molecule has 1 saturated heterocycles. The summed E-state index contributed by atoms with van der Waals surface area (Å²) in [5.74, 6) is 0. The van der Waals surface area contributed by atoms with Gasteiger partial charge in [-0.1, -0.05) is 6.08 Å². The molecule has 0 aliphatic carbocycles. The molecule has 70 valence electrons. The minimum atomic E-state index is 0.291. The minimum Gasteiger partial charge on any atom is -0.309 e. The number of hydrogen-bond acceptors (Lipinski definition) is 2. The van der Waals surface area contributed by atoms with Crippen LogP contribution in [0, 0.1) is 0 Å². The summed E-state index contributed by atoms with van der Waals surface area (Å²) in [6.45, 7) is 12.9. The van der Waals surface area contributed by atoms with Crippen molar-refractivity contribution < 1.29 is 0 Å². The van der Waals surface area contributed by atoms with Crippen LogP contribution in [0.2, 0.25) is 0 Å². The van der Waals surface area contributed by atoms with E-state index in [2.05, 4.69) is 30.6 Å². The van der Waals surface area contributed by atoms with Gasteiger partial charge in [-0.25, -0.2) is 0 Å². The zero-order valence-corrected chi connectivity index (χ0v) is 8.27. The van der Waals surface area contributed by atoms with Crippen molar-refractivity contribution in [3.8, 4) is 0 Å². The molecule has 1 aliphatic rings. The molecular weight excluding hydrogens is 148 g/mol. The molecular formula is C10H20N2. The first-order valence-corrected chi connectivity index (χ1v) is 4.72. The van der Waals surface area contributed by atoms with E-state index < -0.39 is 0 Å². The van der Waals surface area contributed by atoms with Crippen molar-refractivity contribution in [2.45, 2.75) is 25.8 Å². The molecule has 12 heavy (non-hydrogen) atoms. The molecule has 0 aromatic heterocycles. The molecule has 2 heteroatoms. The highest BCUT2D eigenvalue weighted by molar-refractivity contribution is 4.87. The monoisotopic (exact) mass is 168 g/mol. The maximum Gasteiger partial charge on any atom is 0.0252 e. The van der Waals surface area contributed by atoms with Crippen LogP contribution >= 0.6 is 0 Å². The van der Waals surface area contributed by atoms with Crippen LogP contribution < -0.4 is 5.32 Å². The fraction of sp³-hybridized carbons (Fsp3) is 0.800. The predicted molar refractivity (Wildman–Crippen MR) is 53.3 cm³/mol. The number of nitrogens with zero attached hydrogens (tertiary/aromatic N) is 1. The van der Waals surface area contributed by atoms with Crippen molar-refractivity contribution in [2.24, 2.45) is 0 Å². The molecule has 0 atom stereocenters. The topological polar surface area (TPSA) is 15.3 Å². The fourth-order valence-electron chi connectivity index (χ4n) is 1.71. The van der Waals surface area contributed by atoms with Crippen LogP contribution in [0.4, 0.5) is 0 Å². The molecule has 0 saturated carbocycles. The molecule has 0 unspecified atom stereocenters. The first-order chi connectivity index (χ1) is 5.64. The van der Waals surface area contributed by atoms with Gasteiger partial charge in [-0.15, -0.1) is 6.58 Å². The molecule has 0 radical (unpaired) electrons. The zero-order valence-electron chi connectivity index (χ0n) is 8.27. The molecule has 1 rings (SSSR count). The summed E-state index contributed by atoms with van der Waals surface area (Å²) in [6, 6.07) is 0. The Morgan fingerprint density at radius 1 is 1.58 bits per heavy atom. The Balaban J connectivity index is 2.31. The summed E-state index contributed by atoms with van der Waals surface area (Å²) in [5, 5.41) is 3.50. The lowest BCUT2D eigenvalue weighted by Crippen LogP contribution is -2.56. The summed E-state index contributed by atoms with van der Waals surface area (Å²) < 4.78 is 0. The molecule has 0 amide bonds. The SMILES string of the molecule is C=CCCN1CCNC(C)(C)C1. The fourth-order valence-corrected chi connectivity index (χ4v) is 1.71. The number of hydrogen-bond donors (Lipinski definition) is 1. The van der Waals surface area contributed by atoms with Gasteiger partial charge >= 0.3 is 0 Å². The van der Waals surface area contributed by atoms with Crippen molar-refractivity contribution in [3.63, 3.8) is 0 Å². The summed E-state index contributed by atoms with van der Waals surface area (Å²) in [5.41, 5.74) is 0.291. The Hall–Kier alpha value is -0.340. The lowest BCUT2D eigenvalue weighted by atomic mass is 10.0. The van der Waals surface area contributed by atoms with E-state index in [1.165, 1.54) is 6.54 Å². The predicted octanol–water partition coefficient (Wildman–Crippen LogP) is 1.25. The van der Waals surface area contributed by atoms with E-state index in [1.807, 2.05) is 6.08 Å². The van der Waals surface area contributed by atoms with Crippen molar-refractivity contribution in [3.05, 3.63) is 12.7 Å². The lowest BCUT2D eigenvalue weighted by molar-refractivity contribution is 0.157. The maximum atomic E-state index is 3.74. The molecule has 0 spiro atoms. The van der Waals surface area contributed by atoms with Gasteiger partial charge in [0.05, 0.1) is 0 Å². The third kappa shape index (κ3) is 2.95. The Labute approximate surface area is 75.6 Å². The van der Waals surface area contributed by atoms with E-state index >= 15 is 0 Å².